The number of fused-ring (bicyclic) bond motifs is 1. The van der Waals surface area contributed by atoms with E-state index in [0.717, 1.165) is 29.0 Å². The molecule has 1 atom stereocenters. The molecule has 1 aliphatic rings. The van der Waals surface area contributed by atoms with Crippen LogP contribution in [0.3, 0.4) is 0 Å². The molecule has 1 heterocycles. The van der Waals surface area contributed by atoms with Crippen LogP contribution in [-0.4, -0.2) is 14.2 Å². The molecule has 1 aromatic rings. The van der Waals surface area contributed by atoms with E-state index in [1.165, 1.54) is 0 Å². The normalized spacial score (nSPS) is 19.5. The molecular formula is C12H15O3. The Labute approximate surface area is 90.0 Å². The van der Waals surface area contributed by atoms with Gasteiger partial charge < -0.3 is 14.2 Å². The molecule has 0 bridgehead atoms. The molecule has 1 aromatic carbocycles. The molecule has 1 aliphatic heterocycles. The lowest BCUT2D eigenvalue weighted by atomic mass is 9.96. The highest BCUT2D eigenvalue weighted by atomic mass is 16.5. The van der Waals surface area contributed by atoms with Crippen LogP contribution in [0, 0.1) is 6.61 Å². The predicted octanol–water partition coefficient (Wildman–Crippen LogP) is 2.50. The van der Waals surface area contributed by atoms with Gasteiger partial charge in [0.15, 0.2) is 0 Å². The maximum absolute atomic E-state index is 5.49. The van der Waals surface area contributed by atoms with Gasteiger partial charge in [-0.1, -0.05) is 0 Å². The van der Waals surface area contributed by atoms with Crippen LogP contribution in [0.1, 0.15) is 24.2 Å². The fraction of sp³-hybridized carbons (Fsp3) is 0.417. The molecule has 2 rings (SSSR count). The molecule has 0 saturated heterocycles. The van der Waals surface area contributed by atoms with E-state index in [4.69, 9.17) is 14.2 Å². The molecule has 0 N–H and O–H groups in total. The van der Waals surface area contributed by atoms with Gasteiger partial charge in [-0.3, -0.25) is 0 Å². The van der Waals surface area contributed by atoms with Gasteiger partial charge in [0.1, 0.15) is 11.5 Å². The van der Waals surface area contributed by atoms with Gasteiger partial charge in [-0.15, -0.1) is 0 Å². The van der Waals surface area contributed by atoms with E-state index in [0.29, 0.717) is 0 Å². The molecule has 0 aromatic heterocycles. The van der Waals surface area contributed by atoms with Crippen LogP contribution in [-0.2, 0) is 11.2 Å². The Hall–Kier alpha value is -1.22. The Balaban J connectivity index is 2.56. The number of methoxy groups -OCH3 is 2. The minimum absolute atomic E-state index is 0.0267. The number of hydrogen-bond donors (Lipinski definition) is 0. The van der Waals surface area contributed by atoms with Crippen molar-refractivity contribution < 1.29 is 14.2 Å². The summed E-state index contributed by atoms with van der Waals surface area (Å²) in [5, 5.41) is 0. The lowest BCUT2D eigenvalue weighted by molar-refractivity contribution is 0.103. The van der Waals surface area contributed by atoms with E-state index in [1.807, 2.05) is 25.7 Å². The van der Waals surface area contributed by atoms with Crippen molar-refractivity contribution >= 4 is 0 Å². The smallest absolute Gasteiger partial charge is 0.125 e. The molecule has 0 aliphatic carbocycles. The van der Waals surface area contributed by atoms with Crippen LogP contribution in [0.2, 0.25) is 0 Å². The largest absolute Gasteiger partial charge is 0.496 e. The molecule has 3 nitrogen and oxygen atoms in total. The van der Waals surface area contributed by atoms with Gasteiger partial charge in [-0.2, -0.15) is 0 Å². The van der Waals surface area contributed by atoms with Gasteiger partial charge >= 0.3 is 0 Å². The summed E-state index contributed by atoms with van der Waals surface area (Å²) in [7, 11) is 3.36. The fourth-order valence-electron chi connectivity index (χ4n) is 1.99. The highest BCUT2D eigenvalue weighted by Crippen LogP contribution is 2.40. The Morgan fingerprint density at radius 1 is 1.20 bits per heavy atom. The molecule has 0 amide bonds. The second kappa shape index (κ2) is 4.11. The zero-order valence-electron chi connectivity index (χ0n) is 9.24. The average molecular weight is 207 g/mol. The van der Waals surface area contributed by atoms with E-state index < -0.39 is 0 Å². The Morgan fingerprint density at radius 3 is 2.53 bits per heavy atom. The average Bonchev–Trinajstić information content (AvgIpc) is 2.28. The summed E-state index contributed by atoms with van der Waals surface area (Å²) in [5.74, 6) is 1.77. The number of ether oxygens (including phenoxy) is 3. The van der Waals surface area contributed by atoms with Crippen molar-refractivity contribution in [2.45, 2.75) is 19.4 Å². The Morgan fingerprint density at radius 2 is 1.87 bits per heavy atom. The summed E-state index contributed by atoms with van der Waals surface area (Å²) >= 11 is 0. The highest BCUT2D eigenvalue weighted by molar-refractivity contribution is 5.51. The summed E-state index contributed by atoms with van der Waals surface area (Å²) in [5.41, 5.74) is 2.26. The molecule has 0 saturated carbocycles. The van der Waals surface area contributed by atoms with E-state index in [2.05, 4.69) is 0 Å². The van der Waals surface area contributed by atoms with Gasteiger partial charge in [0.05, 0.1) is 26.9 Å². The quantitative estimate of drug-likeness (QED) is 0.745. The summed E-state index contributed by atoms with van der Waals surface area (Å²) in [6, 6.07) is 3.85. The Bertz CT molecular complexity index is 360. The lowest BCUT2D eigenvalue weighted by Gasteiger charge is -2.26. The number of rotatable bonds is 2. The van der Waals surface area contributed by atoms with Crippen LogP contribution in [0.25, 0.3) is 0 Å². The second-order valence-corrected chi connectivity index (χ2v) is 3.51. The predicted molar refractivity (Wildman–Crippen MR) is 57.1 cm³/mol. The van der Waals surface area contributed by atoms with Crippen LogP contribution in [0.15, 0.2) is 12.1 Å². The van der Waals surface area contributed by atoms with Gasteiger partial charge in [0, 0.05) is 17.5 Å². The Kier molecular flexibility index (Phi) is 2.82. The van der Waals surface area contributed by atoms with Crippen LogP contribution < -0.4 is 9.47 Å². The summed E-state index contributed by atoms with van der Waals surface area (Å²) in [6.07, 6.45) is 0.791. The molecule has 3 heteroatoms. The first-order chi connectivity index (χ1) is 7.27. The van der Waals surface area contributed by atoms with Crippen molar-refractivity contribution in [2.24, 2.45) is 0 Å². The van der Waals surface area contributed by atoms with E-state index >= 15 is 0 Å². The molecule has 0 spiro atoms. The van der Waals surface area contributed by atoms with E-state index in [1.54, 1.807) is 14.2 Å². The third-order valence-electron chi connectivity index (χ3n) is 2.71. The minimum Gasteiger partial charge on any atom is -0.496 e. The van der Waals surface area contributed by atoms with Gasteiger partial charge in [0.2, 0.25) is 0 Å². The topological polar surface area (TPSA) is 27.7 Å². The van der Waals surface area contributed by atoms with Crippen molar-refractivity contribution in [1.82, 2.24) is 0 Å². The fourth-order valence-corrected chi connectivity index (χ4v) is 1.99. The number of benzene rings is 1. The molecule has 15 heavy (non-hydrogen) atoms. The van der Waals surface area contributed by atoms with Crippen LogP contribution >= 0.6 is 0 Å². The maximum Gasteiger partial charge on any atom is 0.125 e. The summed E-state index contributed by atoms with van der Waals surface area (Å²) in [4.78, 5) is 0. The third kappa shape index (κ3) is 1.67. The van der Waals surface area contributed by atoms with Crippen molar-refractivity contribution in [3.63, 3.8) is 0 Å². The van der Waals surface area contributed by atoms with Crippen LogP contribution in [0.4, 0.5) is 0 Å². The van der Waals surface area contributed by atoms with Gasteiger partial charge in [-0.25, -0.2) is 0 Å². The van der Waals surface area contributed by atoms with Gasteiger partial charge in [0.25, 0.3) is 0 Å². The molecule has 1 radical (unpaired) electrons. The van der Waals surface area contributed by atoms with Gasteiger partial charge in [-0.05, 0) is 19.1 Å². The van der Waals surface area contributed by atoms with Crippen molar-refractivity contribution in [2.75, 3.05) is 14.2 Å². The van der Waals surface area contributed by atoms with E-state index in [-0.39, 0.29) is 6.10 Å². The SMILES string of the molecule is COc1ccc(OC)c2c1C[CH]OC2C. The zero-order valence-corrected chi connectivity index (χ0v) is 9.24. The second-order valence-electron chi connectivity index (χ2n) is 3.51. The minimum atomic E-state index is 0.0267. The lowest BCUT2D eigenvalue weighted by Crippen LogP contribution is -2.13. The maximum atomic E-state index is 5.49. The highest BCUT2D eigenvalue weighted by Gasteiger charge is 2.24. The summed E-state index contributed by atoms with van der Waals surface area (Å²) < 4.78 is 16.1. The molecule has 1 unspecified atom stereocenters. The monoisotopic (exact) mass is 207 g/mol. The van der Waals surface area contributed by atoms with Crippen molar-refractivity contribution in [3.8, 4) is 11.5 Å². The first-order valence-electron chi connectivity index (χ1n) is 4.98. The van der Waals surface area contributed by atoms with E-state index in [9.17, 15) is 0 Å². The number of hydrogen-bond acceptors (Lipinski definition) is 3. The van der Waals surface area contributed by atoms with Crippen molar-refractivity contribution in [3.05, 3.63) is 29.9 Å². The summed E-state index contributed by atoms with van der Waals surface area (Å²) in [6.45, 7) is 3.82. The standard InChI is InChI=1S/C12H15O3/c1-8-12-9(6-7-15-8)10(13-2)4-5-11(12)14-3/h4-5,7-8H,6H2,1-3H3. The molecular weight excluding hydrogens is 192 g/mol. The first-order valence-corrected chi connectivity index (χ1v) is 4.98. The molecule has 0 fully saturated rings. The zero-order chi connectivity index (χ0) is 10.8. The third-order valence-corrected chi connectivity index (χ3v) is 2.71. The first kappa shape index (κ1) is 10.3. The molecule has 81 valence electrons. The van der Waals surface area contributed by atoms with Crippen LogP contribution in [0.5, 0.6) is 11.5 Å². The van der Waals surface area contributed by atoms with Crippen molar-refractivity contribution in [1.29, 1.82) is 0 Å².